The molecule has 0 aliphatic carbocycles. The third-order valence-corrected chi connectivity index (χ3v) is 6.58. The normalized spacial score (nSPS) is 12.5. The van der Waals surface area contributed by atoms with Gasteiger partial charge < -0.3 is 14.7 Å². The van der Waals surface area contributed by atoms with Crippen molar-refractivity contribution in [1.82, 2.24) is 4.98 Å². The number of carbonyl (C=O) groups is 1. The number of anilines is 1. The standard InChI is InChI=1S/C28H33N3O3S/c1-17(2)11-19(4)26(21-12-18(3)13-23(14-21)34-7)30-20(5)31(6)27-24(28(32)33)15-22(16-29-27)25-9-8-10-35-25/h8-10,12-17H,11H2,1-7H3,(H,32,33)/b26-19+,30-20?. The summed E-state index contributed by atoms with van der Waals surface area (Å²) in [5, 5.41) is 11.9. The molecular formula is C28H33N3O3S. The molecule has 0 saturated carbocycles. The Kier molecular flexibility index (Phi) is 8.46. The van der Waals surface area contributed by atoms with Crippen LogP contribution in [0.1, 0.15) is 55.6 Å². The Morgan fingerprint density at radius 1 is 1.23 bits per heavy atom. The molecule has 3 aromatic rings. The second kappa shape index (κ2) is 11.3. The summed E-state index contributed by atoms with van der Waals surface area (Å²) in [6.07, 6.45) is 2.60. The first kappa shape index (κ1) is 26.2. The predicted octanol–water partition coefficient (Wildman–Crippen LogP) is 7.16. The van der Waals surface area contributed by atoms with Gasteiger partial charge in [-0.05, 0) is 80.0 Å². The van der Waals surface area contributed by atoms with Crippen molar-refractivity contribution in [3.8, 4) is 16.2 Å². The van der Waals surface area contributed by atoms with Gasteiger partial charge in [0.25, 0.3) is 0 Å². The minimum atomic E-state index is -1.03. The number of aromatic nitrogens is 1. The highest BCUT2D eigenvalue weighted by Gasteiger charge is 2.19. The van der Waals surface area contributed by atoms with Crippen LogP contribution < -0.4 is 9.64 Å². The maximum Gasteiger partial charge on any atom is 0.339 e. The number of hydrogen-bond acceptors (Lipinski definition) is 5. The highest BCUT2D eigenvalue weighted by atomic mass is 32.1. The first-order valence-electron chi connectivity index (χ1n) is 11.5. The molecule has 0 radical (unpaired) electrons. The molecule has 0 spiro atoms. The van der Waals surface area contributed by atoms with E-state index in [0.29, 0.717) is 17.6 Å². The highest BCUT2D eigenvalue weighted by molar-refractivity contribution is 7.13. The Hall–Kier alpha value is -3.45. The van der Waals surface area contributed by atoms with Crippen LogP contribution in [0.4, 0.5) is 5.82 Å². The molecule has 35 heavy (non-hydrogen) atoms. The first-order chi connectivity index (χ1) is 16.6. The number of amidine groups is 1. The van der Waals surface area contributed by atoms with Gasteiger partial charge in [0.1, 0.15) is 23.0 Å². The number of aromatic carboxylic acids is 1. The molecule has 3 rings (SSSR count). The molecular weight excluding hydrogens is 458 g/mol. The fourth-order valence-electron chi connectivity index (χ4n) is 3.97. The second-order valence-electron chi connectivity index (χ2n) is 9.06. The number of hydrogen-bond donors (Lipinski definition) is 1. The van der Waals surface area contributed by atoms with Gasteiger partial charge in [-0.1, -0.05) is 19.9 Å². The van der Waals surface area contributed by atoms with Gasteiger partial charge >= 0.3 is 5.97 Å². The molecule has 0 unspecified atom stereocenters. The van der Waals surface area contributed by atoms with Crippen LogP contribution in [0.25, 0.3) is 16.1 Å². The van der Waals surface area contributed by atoms with E-state index in [1.165, 1.54) is 0 Å². The maximum absolute atomic E-state index is 12.1. The molecule has 0 fully saturated rings. The second-order valence-corrected chi connectivity index (χ2v) is 10.0. The Morgan fingerprint density at radius 3 is 2.57 bits per heavy atom. The van der Waals surface area contributed by atoms with Crippen molar-refractivity contribution in [2.24, 2.45) is 10.9 Å². The Labute approximate surface area is 211 Å². The van der Waals surface area contributed by atoms with Gasteiger partial charge in [-0.3, -0.25) is 0 Å². The number of benzene rings is 1. The number of rotatable bonds is 8. The summed E-state index contributed by atoms with van der Waals surface area (Å²) in [5.41, 5.74) is 4.97. The zero-order valence-electron chi connectivity index (χ0n) is 21.4. The molecule has 0 atom stereocenters. The Bertz CT molecular complexity index is 1260. The summed E-state index contributed by atoms with van der Waals surface area (Å²) in [7, 11) is 3.45. The third kappa shape index (κ3) is 6.36. The molecule has 0 bridgehead atoms. The van der Waals surface area contributed by atoms with E-state index in [1.54, 1.807) is 42.7 Å². The average molecular weight is 492 g/mol. The molecule has 184 valence electrons. The van der Waals surface area contributed by atoms with Crippen molar-refractivity contribution in [3.05, 3.63) is 70.2 Å². The zero-order valence-corrected chi connectivity index (χ0v) is 22.2. The van der Waals surface area contributed by atoms with E-state index < -0.39 is 5.97 Å². The lowest BCUT2D eigenvalue weighted by molar-refractivity contribution is 0.0697. The lowest BCUT2D eigenvalue weighted by Crippen LogP contribution is -2.27. The summed E-state index contributed by atoms with van der Waals surface area (Å²) in [6, 6.07) is 11.6. The van der Waals surface area contributed by atoms with E-state index >= 15 is 0 Å². The van der Waals surface area contributed by atoms with Gasteiger partial charge in [0.15, 0.2) is 0 Å². The van der Waals surface area contributed by atoms with Gasteiger partial charge in [0.05, 0.1) is 12.8 Å². The lowest BCUT2D eigenvalue weighted by atomic mass is 9.98. The van der Waals surface area contributed by atoms with Crippen molar-refractivity contribution in [3.63, 3.8) is 0 Å². The maximum atomic E-state index is 12.1. The number of pyridine rings is 1. The minimum Gasteiger partial charge on any atom is -0.497 e. The SMILES string of the molecule is COc1cc(C)cc(/C(N=C(C)N(C)c2ncc(-c3cccs3)cc2C(=O)O)=C(/C)CC(C)C)c1. The van der Waals surface area contributed by atoms with Crippen molar-refractivity contribution < 1.29 is 14.6 Å². The van der Waals surface area contributed by atoms with Crippen LogP contribution in [-0.4, -0.2) is 36.1 Å². The summed E-state index contributed by atoms with van der Waals surface area (Å²) >= 11 is 1.55. The van der Waals surface area contributed by atoms with E-state index in [4.69, 9.17) is 9.73 Å². The van der Waals surface area contributed by atoms with Crippen LogP contribution in [0.5, 0.6) is 5.75 Å². The molecule has 0 aliphatic heterocycles. The van der Waals surface area contributed by atoms with Gasteiger partial charge in [-0.15, -0.1) is 11.3 Å². The number of thiophene rings is 1. The van der Waals surface area contributed by atoms with Crippen LogP contribution >= 0.6 is 11.3 Å². The molecule has 7 heteroatoms. The molecule has 1 N–H and O–H groups in total. The minimum absolute atomic E-state index is 0.134. The van der Waals surface area contributed by atoms with E-state index in [-0.39, 0.29) is 5.56 Å². The lowest BCUT2D eigenvalue weighted by Gasteiger charge is -2.21. The number of aryl methyl sites for hydroxylation is 1. The number of methoxy groups -OCH3 is 1. The number of nitrogens with zero attached hydrogens (tertiary/aromatic N) is 3. The van der Waals surface area contributed by atoms with E-state index in [0.717, 1.165) is 45.0 Å². The summed E-state index contributed by atoms with van der Waals surface area (Å²) < 4.78 is 5.50. The molecule has 0 amide bonds. The van der Waals surface area contributed by atoms with Crippen molar-refractivity contribution >= 4 is 34.7 Å². The van der Waals surface area contributed by atoms with Gasteiger partial charge in [0.2, 0.25) is 0 Å². The van der Waals surface area contributed by atoms with Crippen LogP contribution in [0.2, 0.25) is 0 Å². The quantitative estimate of drug-likeness (QED) is 0.267. The molecule has 0 saturated heterocycles. The zero-order chi connectivity index (χ0) is 25.7. The monoisotopic (exact) mass is 491 g/mol. The van der Waals surface area contributed by atoms with E-state index in [1.807, 2.05) is 43.5 Å². The van der Waals surface area contributed by atoms with Crippen LogP contribution in [0.3, 0.4) is 0 Å². The summed E-state index contributed by atoms with van der Waals surface area (Å²) in [4.78, 5) is 24.4. The number of carboxylic acid groups (broad SMARTS) is 1. The fourth-order valence-corrected chi connectivity index (χ4v) is 4.68. The van der Waals surface area contributed by atoms with Crippen molar-refractivity contribution in [2.45, 2.75) is 41.0 Å². The fraction of sp³-hybridized carbons (Fsp3) is 0.321. The summed E-state index contributed by atoms with van der Waals surface area (Å²) in [6.45, 7) is 10.4. The van der Waals surface area contributed by atoms with E-state index in [9.17, 15) is 9.90 Å². The average Bonchev–Trinajstić information content (AvgIpc) is 3.35. The highest BCUT2D eigenvalue weighted by Crippen LogP contribution is 2.31. The van der Waals surface area contributed by atoms with Gasteiger partial charge in [-0.25, -0.2) is 14.8 Å². The molecule has 1 aromatic carbocycles. The van der Waals surface area contributed by atoms with E-state index in [2.05, 4.69) is 31.8 Å². The largest absolute Gasteiger partial charge is 0.497 e. The van der Waals surface area contributed by atoms with Crippen molar-refractivity contribution in [2.75, 3.05) is 19.1 Å². The predicted molar refractivity (Wildman–Crippen MR) is 146 cm³/mol. The number of aliphatic imine (C=N–C) groups is 1. The van der Waals surface area contributed by atoms with Crippen LogP contribution in [0, 0.1) is 12.8 Å². The summed E-state index contributed by atoms with van der Waals surface area (Å²) in [5.74, 6) is 1.20. The van der Waals surface area contributed by atoms with Crippen LogP contribution in [0.15, 0.2) is 58.5 Å². The van der Waals surface area contributed by atoms with Crippen molar-refractivity contribution in [1.29, 1.82) is 0 Å². The first-order valence-corrected chi connectivity index (χ1v) is 12.4. The number of carboxylic acids is 1. The topological polar surface area (TPSA) is 75.0 Å². The third-order valence-electron chi connectivity index (χ3n) is 5.66. The Morgan fingerprint density at radius 2 is 1.97 bits per heavy atom. The molecule has 2 aromatic heterocycles. The number of allylic oxidation sites excluding steroid dienone is 1. The smallest absolute Gasteiger partial charge is 0.339 e. The van der Waals surface area contributed by atoms with Crippen LogP contribution in [-0.2, 0) is 0 Å². The molecule has 6 nitrogen and oxygen atoms in total. The van der Waals surface area contributed by atoms with Gasteiger partial charge in [0, 0.05) is 29.2 Å². The van der Waals surface area contributed by atoms with Gasteiger partial charge in [-0.2, -0.15) is 0 Å². The molecule has 2 heterocycles. The number of ether oxygens (including phenoxy) is 1. The Balaban J connectivity index is 2.08. The molecule has 0 aliphatic rings.